The van der Waals surface area contributed by atoms with Gasteiger partial charge in [-0.15, -0.1) is 0 Å². The molecule has 0 amide bonds. The molecule has 0 saturated heterocycles. The second kappa shape index (κ2) is 6.36. The second-order valence-corrected chi connectivity index (χ2v) is 5.75. The molecule has 0 aliphatic heterocycles. The van der Waals surface area contributed by atoms with Crippen molar-refractivity contribution in [3.63, 3.8) is 0 Å². The Balaban J connectivity index is 0.00000147. The molecule has 0 heterocycles. The zero-order chi connectivity index (χ0) is 13.4. The van der Waals surface area contributed by atoms with Crippen molar-refractivity contribution in [2.45, 2.75) is 18.4 Å². The third kappa shape index (κ3) is 2.68. The van der Waals surface area contributed by atoms with E-state index >= 15 is 0 Å². The molecule has 2 aromatic carbocycles. The molecular formula is C16H15Cl3N-. The monoisotopic (exact) mass is 326 g/mol. The molecule has 0 saturated carbocycles. The Morgan fingerprint density at radius 1 is 1.00 bits per heavy atom. The Morgan fingerprint density at radius 3 is 2.35 bits per heavy atom. The number of nitrogens with one attached hydrogen (secondary N) is 1. The molecule has 1 aliphatic carbocycles. The molecule has 0 aromatic heterocycles. The Morgan fingerprint density at radius 2 is 1.70 bits per heavy atom. The fourth-order valence-electron chi connectivity index (χ4n) is 2.95. The lowest BCUT2D eigenvalue weighted by Crippen LogP contribution is -3.00. The lowest BCUT2D eigenvalue weighted by atomic mass is 9.93. The summed E-state index contributed by atoms with van der Waals surface area (Å²) in [6, 6.07) is 15.0. The highest BCUT2D eigenvalue weighted by Crippen LogP contribution is 2.44. The van der Waals surface area contributed by atoms with Crippen molar-refractivity contribution < 1.29 is 12.4 Å². The topological polar surface area (TPSA) is 12.0 Å². The first kappa shape index (κ1) is 15.7. The van der Waals surface area contributed by atoms with E-state index in [2.05, 4.69) is 35.6 Å². The van der Waals surface area contributed by atoms with Gasteiger partial charge in [-0.1, -0.05) is 53.5 Å². The van der Waals surface area contributed by atoms with E-state index in [0.717, 1.165) is 6.42 Å². The maximum absolute atomic E-state index is 6.14. The lowest BCUT2D eigenvalue weighted by molar-refractivity contribution is -0.00000362. The van der Waals surface area contributed by atoms with Crippen LogP contribution in [0.15, 0.2) is 42.5 Å². The summed E-state index contributed by atoms with van der Waals surface area (Å²) < 4.78 is 0. The van der Waals surface area contributed by atoms with E-state index in [-0.39, 0.29) is 12.4 Å². The Labute approximate surface area is 135 Å². The van der Waals surface area contributed by atoms with E-state index in [0.29, 0.717) is 22.0 Å². The van der Waals surface area contributed by atoms with E-state index in [1.165, 1.54) is 16.7 Å². The summed E-state index contributed by atoms with van der Waals surface area (Å²) in [5, 5.41) is 4.63. The molecule has 1 N–H and O–H groups in total. The standard InChI is InChI=1S/C16H15Cl2N.ClH/c1-19-16-9-13(11-4-2-3-5-12(11)16)10-6-7-14(17)15(18)8-10;/h2-8,13,16,19H,9H2,1H3;1H/p-1. The Hall–Kier alpha value is -0.730. The van der Waals surface area contributed by atoms with Crippen LogP contribution in [0.2, 0.25) is 10.0 Å². The highest BCUT2D eigenvalue weighted by atomic mass is 35.5. The zero-order valence-electron chi connectivity index (χ0n) is 11.0. The molecule has 106 valence electrons. The van der Waals surface area contributed by atoms with E-state index in [4.69, 9.17) is 23.2 Å². The largest absolute Gasteiger partial charge is 1.00 e. The van der Waals surface area contributed by atoms with Gasteiger partial charge in [0.1, 0.15) is 0 Å². The normalized spacial score (nSPS) is 20.4. The third-order valence-corrected chi connectivity index (χ3v) is 4.65. The number of hydrogen-bond acceptors (Lipinski definition) is 1. The highest BCUT2D eigenvalue weighted by molar-refractivity contribution is 6.42. The number of hydrogen-bond donors (Lipinski definition) is 1. The van der Waals surface area contributed by atoms with Gasteiger partial charge >= 0.3 is 0 Å². The van der Waals surface area contributed by atoms with Gasteiger partial charge in [-0.05, 0) is 42.3 Å². The van der Waals surface area contributed by atoms with Crippen LogP contribution in [0, 0.1) is 0 Å². The average molecular weight is 328 g/mol. The van der Waals surface area contributed by atoms with Crippen molar-refractivity contribution >= 4 is 23.2 Å². The lowest BCUT2D eigenvalue weighted by Gasteiger charge is -2.13. The summed E-state index contributed by atoms with van der Waals surface area (Å²) in [5.74, 6) is 0.392. The van der Waals surface area contributed by atoms with Gasteiger partial charge in [0.2, 0.25) is 0 Å². The molecule has 2 unspecified atom stereocenters. The molecule has 0 bridgehead atoms. The van der Waals surface area contributed by atoms with Crippen LogP contribution >= 0.6 is 23.2 Å². The van der Waals surface area contributed by atoms with Gasteiger partial charge in [0.15, 0.2) is 0 Å². The van der Waals surface area contributed by atoms with Gasteiger partial charge in [-0.3, -0.25) is 0 Å². The number of benzene rings is 2. The summed E-state index contributed by atoms with van der Waals surface area (Å²) in [5.41, 5.74) is 4.01. The molecule has 3 rings (SSSR count). The van der Waals surface area contributed by atoms with Gasteiger partial charge in [-0.25, -0.2) is 0 Å². The third-order valence-electron chi connectivity index (χ3n) is 3.91. The van der Waals surface area contributed by atoms with Crippen LogP contribution in [0.1, 0.15) is 35.1 Å². The smallest absolute Gasteiger partial charge is 0.0595 e. The van der Waals surface area contributed by atoms with Crippen LogP contribution < -0.4 is 17.7 Å². The average Bonchev–Trinajstić information content (AvgIpc) is 2.81. The minimum Gasteiger partial charge on any atom is -1.00 e. The fraction of sp³-hybridized carbons (Fsp3) is 0.250. The predicted molar refractivity (Wildman–Crippen MR) is 81.2 cm³/mol. The van der Waals surface area contributed by atoms with E-state index in [9.17, 15) is 0 Å². The molecule has 20 heavy (non-hydrogen) atoms. The molecule has 0 spiro atoms. The van der Waals surface area contributed by atoms with E-state index < -0.39 is 0 Å². The van der Waals surface area contributed by atoms with Crippen LogP contribution in [-0.2, 0) is 0 Å². The van der Waals surface area contributed by atoms with Gasteiger partial charge in [-0.2, -0.15) is 0 Å². The van der Waals surface area contributed by atoms with Gasteiger partial charge < -0.3 is 17.7 Å². The van der Waals surface area contributed by atoms with Crippen LogP contribution in [-0.4, -0.2) is 7.05 Å². The second-order valence-electron chi connectivity index (χ2n) is 4.93. The molecule has 1 aliphatic rings. The summed E-state index contributed by atoms with van der Waals surface area (Å²) in [7, 11) is 2.01. The molecule has 0 radical (unpaired) electrons. The van der Waals surface area contributed by atoms with Gasteiger partial charge in [0.05, 0.1) is 10.0 Å². The summed E-state index contributed by atoms with van der Waals surface area (Å²) in [6.45, 7) is 0. The van der Waals surface area contributed by atoms with Crippen LogP contribution in [0.25, 0.3) is 0 Å². The number of fused-ring (bicyclic) bond motifs is 1. The van der Waals surface area contributed by atoms with E-state index in [1.54, 1.807) is 0 Å². The van der Waals surface area contributed by atoms with Crippen LogP contribution in [0.5, 0.6) is 0 Å². The Kier molecular flexibility index (Phi) is 4.98. The Bertz CT molecular complexity index is 612. The molecule has 2 aromatic rings. The number of halogens is 3. The van der Waals surface area contributed by atoms with Crippen molar-refractivity contribution in [3.05, 3.63) is 69.2 Å². The van der Waals surface area contributed by atoms with Crippen molar-refractivity contribution in [2.75, 3.05) is 7.05 Å². The first-order chi connectivity index (χ1) is 9.20. The summed E-state index contributed by atoms with van der Waals surface area (Å²) >= 11 is 12.1. The van der Waals surface area contributed by atoms with Crippen molar-refractivity contribution in [2.24, 2.45) is 0 Å². The van der Waals surface area contributed by atoms with Crippen molar-refractivity contribution in [1.29, 1.82) is 0 Å². The van der Waals surface area contributed by atoms with Crippen molar-refractivity contribution in [1.82, 2.24) is 5.32 Å². The van der Waals surface area contributed by atoms with Crippen LogP contribution in [0.4, 0.5) is 0 Å². The summed E-state index contributed by atoms with van der Waals surface area (Å²) in [6.07, 6.45) is 1.06. The van der Waals surface area contributed by atoms with Crippen molar-refractivity contribution in [3.8, 4) is 0 Å². The predicted octanol–water partition coefficient (Wildman–Crippen LogP) is 1.79. The quantitative estimate of drug-likeness (QED) is 0.887. The van der Waals surface area contributed by atoms with Gasteiger partial charge in [0.25, 0.3) is 0 Å². The van der Waals surface area contributed by atoms with E-state index in [1.807, 2.05) is 19.2 Å². The van der Waals surface area contributed by atoms with Gasteiger partial charge in [0, 0.05) is 12.0 Å². The maximum Gasteiger partial charge on any atom is 0.0595 e. The molecule has 1 nitrogen and oxygen atoms in total. The molecular weight excluding hydrogens is 313 g/mol. The zero-order valence-corrected chi connectivity index (χ0v) is 13.3. The number of rotatable bonds is 2. The first-order valence-electron chi connectivity index (χ1n) is 6.41. The fourth-order valence-corrected chi connectivity index (χ4v) is 3.26. The molecule has 0 fully saturated rings. The maximum atomic E-state index is 6.14. The molecule has 2 atom stereocenters. The van der Waals surface area contributed by atoms with Crippen LogP contribution in [0.3, 0.4) is 0 Å². The summed E-state index contributed by atoms with van der Waals surface area (Å²) in [4.78, 5) is 0. The minimum absolute atomic E-state index is 0. The minimum atomic E-state index is 0. The molecule has 4 heteroatoms. The highest BCUT2D eigenvalue weighted by Gasteiger charge is 2.30. The first-order valence-corrected chi connectivity index (χ1v) is 7.17. The SMILES string of the molecule is CNC1CC(c2ccc(Cl)c(Cl)c2)c2ccccc21.[Cl-].